The Morgan fingerprint density at radius 2 is 1.68 bits per heavy atom. The lowest BCUT2D eigenvalue weighted by Gasteiger charge is -2.22. The maximum atomic E-state index is 13.5. The topological polar surface area (TPSA) is 78.0 Å². The molecule has 0 bridgehead atoms. The Morgan fingerprint density at radius 1 is 1.06 bits per heavy atom. The molecule has 2 N–H and O–H groups in total. The quantitative estimate of drug-likeness (QED) is 0.447. The van der Waals surface area contributed by atoms with E-state index in [1.807, 2.05) is 42.5 Å². The lowest BCUT2D eigenvalue weighted by atomic mass is 9.90. The summed E-state index contributed by atoms with van der Waals surface area (Å²) in [5.41, 5.74) is 7.42. The molecule has 0 saturated heterocycles. The van der Waals surface area contributed by atoms with Crippen LogP contribution in [-0.4, -0.2) is 15.5 Å². The molecule has 0 spiro atoms. The average Bonchev–Trinajstić information content (AvgIpc) is 3.21. The highest BCUT2D eigenvalue weighted by Gasteiger charge is 2.24. The van der Waals surface area contributed by atoms with E-state index in [2.05, 4.69) is 31.2 Å². The molecule has 158 valence electrons. The van der Waals surface area contributed by atoms with Crippen molar-refractivity contribution in [1.29, 1.82) is 0 Å². The average molecular weight is 432 g/mol. The van der Waals surface area contributed by atoms with Crippen LogP contribution in [0.1, 0.15) is 47.5 Å². The van der Waals surface area contributed by atoms with Gasteiger partial charge in [0.2, 0.25) is 5.91 Å². The molecule has 0 aliphatic carbocycles. The lowest BCUT2D eigenvalue weighted by Crippen LogP contribution is -2.28. The number of fused-ring (bicyclic) bond motifs is 1. The van der Waals surface area contributed by atoms with Gasteiger partial charge in [0.15, 0.2) is 0 Å². The summed E-state index contributed by atoms with van der Waals surface area (Å²) in [5.74, 6) is 0.138. The Morgan fingerprint density at radius 3 is 2.23 bits per heavy atom. The molecule has 0 aliphatic rings. The highest BCUT2D eigenvalue weighted by molar-refractivity contribution is 7.18. The van der Waals surface area contributed by atoms with Gasteiger partial charge in [0.05, 0.1) is 11.3 Å². The molecule has 5 nitrogen and oxygen atoms in total. The van der Waals surface area contributed by atoms with E-state index < -0.39 is 0 Å². The van der Waals surface area contributed by atoms with Gasteiger partial charge in [-0.05, 0) is 30.0 Å². The first-order chi connectivity index (χ1) is 15.1. The Bertz CT molecular complexity index is 1210. The molecule has 0 atom stereocenters. The number of nitrogens with two attached hydrogens (primary N) is 1. The van der Waals surface area contributed by atoms with Gasteiger partial charge in [-0.15, -0.1) is 11.3 Å². The molecule has 6 heteroatoms. The normalized spacial score (nSPS) is 11.3. The number of amides is 1. The van der Waals surface area contributed by atoms with Crippen LogP contribution in [0, 0.1) is 0 Å². The molecule has 0 radical (unpaired) electrons. The number of aromatic nitrogens is 2. The van der Waals surface area contributed by atoms with Crippen molar-refractivity contribution >= 4 is 27.5 Å². The van der Waals surface area contributed by atoms with E-state index in [4.69, 9.17) is 10.7 Å². The second-order valence-corrected chi connectivity index (χ2v) is 8.65. The Balaban J connectivity index is 1.95. The number of primary amides is 1. The van der Waals surface area contributed by atoms with Gasteiger partial charge in [-0.2, -0.15) is 0 Å². The van der Waals surface area contributed by atoms with Crippen LogP contribution in [-0.2, 0) is 17.8 Å². The molecule has 4 rings (SSSR count). The van der Waals surface area contributed by atoms with E-state index in [1.165, 1.54) is 0 Å². The molecule has 0 fully saturated rings. The number of carbonyl (C=O) groups excluding carboxylic acids is 1. The fourth-order valence-corrected chi connectivity index (χ4v) is 4.85. The van der Waals surface area contributed by atoms with E-state index in [1.54, 1.807) is 15.9 Å². The summed E-state index contributed by atoms with van der Waals surface area (Å²) in [7, 11) is 0. The molecule has 0 unspecified atom stereocenters. The van der Waals surface area contributed by atoms with Gasteiger partial charge in [-0.3, -0.25) is 14.2 Å². The van der Waals surface area contributed by atoms with Crippen molar-refractivity contribution in [3.63, 3.8) is 0 Å². The third-order valence-electron chi connectivity index (χ3n) is 5.41. The van der Waals surface area contributed by atoms with Crippen LogP contribution in [0.5, 0.6) is 0 Å². The standard InChI is InChI=1S/C25H25N3O2S/c1-2-19-16-20-24(31-19)27-23(28(25(20)30)15-9-14-21(26)29)22(17-10-5-3-6-11-17)18-12-7-4-8-13-18/h3-8,10-13,16,22H,2,9,14-15H2,1H3,(H2,26,29). The first kappa shape index (κ1) is 21.0. The van der Waals surface area contributed by atoms with Crippen LogP contribution in [0.25, 0.3) is 10.2 Å². The minimum absolute atomic E-state index is 0.0581. The first-order valence-corrected chi connectivity index (χ1v) is 11.3. The molecule has 2 aromatic carbocycles. The molecule has 1 amide bonds. The maximum absolute atomic E-state index is 13.5. The monoisotopic (exact) mass is 431 g/mol. The number of aryl methyl sites for hydroxylation is 1. The molecule has 0 saturated carbocycles. The van der Waals surface area contributed by atoms with E-state index >= 15 is 0 Å². The van der Waals surface area contributed by atoms with E-state index in [0.717, 1.165) is 27.3 Å². The summed E-state index contributed by atoms with van der Waals surface area (Å²) >= 11 is 1.57. The molecule has 31 heavy (non-hydrogen) atoms. The number of nitrogens with zero attached hydrogens (tertiary/aromatic N) is 2. The highest BCUT2D eigenvalue weighted by Crippen LogP contribution is 2.32. The zero-order valence-corrected chi connectivity index (χ0v) is 18.3. The maximum Gasteiger partial charge on any atom is 0.262 e. The largest absolute Gasteiger partial charge is 0.370 e. The van der Waals surface area contributed by atoms with E-state index in [0.29, 0.717) is 24.2 Å². The van der Waals surface area contributed by atoms with Crippen LogP contribution >= 0.6 is 11.3 Å². The summed E-state index contributed by atoms with van der Waals surface area (Å²) in [5, 5.41) is 0.643. The fourth-order valence-electron chi connectivity index (χ4n) is 3.89. The van der Waals surface area contributed by atoms with Gasteiger partial charge in [0, 0.05) is 17.8 Å². The van der Waals surface area contributed by atoms with Gasteiger partial charge < -0.3 is 5.73 Å². The second-order valence-electron chi connectivity index (χ2n) is 7.54. The number of hydrogen-bond acceptors (Lipinski definition) is 4. The van der Waals surface area contributed by atoms with Crippen LogP contribution in [0.4, 0.5) is 0 Å². The number of benzene rings is 2. The second kappa shape index (κ2) is 9.27. The van der Waals surface area contributed by atoms with Crippen LogP contribution < -0.4 is 11.3 Å². The SMILES string of the molecule is CCc1cc2c(=O)n(CCCC(N)=O)c(C(c3ccccc3)c3ccccc3)nc2s1. The minimum Gasteiger partial charge on any atom is -0.370 e. The van der Waals surface area contributed by atoms with Crippen molar-refractivity contribution in [2.75, 3.05) is 0 Å². The predicted octanol–water partition coefficient (Wildman–Crippen LogP) is 4.47. The van der Waals surface area contributed by atoms with Crippen LogP contribution in [0.2, 0.25) is 0 Å². The molecular weight excluding hydrogens is 406 g/mol. The lowest BCUT2D eigenvalue weighted by molar-refractivity contribution is -0.118. The summed E-state index contributed by atoms with van der Waals surface area (Å²) < 4.78 is 1.74. The van der Waals surface area contributed by atoms with Gasteiger partial charge in [-0.25, -0.2) is 4.98 Å². The third-order valence-corrected chi connectivity index (χ3v) is 6.58. The smallest absolute Gasteiger partial charge is 0.262 e. The number of hydrogen-bond donors (Lipinski definition) is 1. The summed E-state index contributed by atoms with van der Waals surface area (Å²) in [4.78, 5) is 31.8. The van der Waals surface area contributed by atoms with Gasteiger partial charge in [0.1, 0.15) is 10.7 Å². The Kier molecular flexibility index (Phi) is 6.28. The number of thiophene rings is 1. The van der Waals surface area contributed by atoms with Crippen molar-refractivity contribution in [2.45, 2.75) is 38.6 Å². The Hall–Kier alpha value is -3.25. The van der Waals surface area contributed by atoms with Gasteiger partial charge in [-0.1, -0.05) is 67.6 Å². The van der Waals surface area contributed by atoms with Crippen molar-refractivity contribution < 1.29 is 4.79 Å². The number of rotatable bonds is 8. The Labute approximate surface area is 185 Å². The number of carbonyl (C=O) groups is 1. The molecule has 4 aromatic rings. The fraction of sp³-hybridized carbons (Fsp3) is 0.240. The van der Waals surface area contributed by atoms with Crippen LogP contribution in [0.15, 0.2) is 71.5 Å². The van der Waals surface area contributed by atoms with Crippen molar-refractivity contribution in [3.05, 3.63) is 98.9 Å². The van der Waals surface area contributed by atoms with Gasteiger partial charge in [0.25, 0.3) is 5.56 Å². The van der Waals surface area contributed by atoms with E-state index in [-0.39, 0.29) is 23.8 Å². The van der Waals surface area contributed by atoms with Crippen LogP contribution in [0.3, 0.4) is 0 Å². The molecule has 2 aromatic heterocycles. The van der Waals surface area contributed by atoms with Crippen molar-refractivity contribution in [2.24, 2.45) is 5.73 Å². The zero-order chi connectivity index (χ0) is 21.8. The van der Waals surface area contributed by atoms with Crippen molar-refractivity contribution in [3.8, 4) is 0 Å². The molecule has 0 aliphatic heterocycles. The highest BCUT2D eigenvalue weighted by atomic mass is 32.1. The third kappa shape index (κ3) is 4.44. The minimum atomic E-state index is -0.366. The van der Waals surface area contributed by atoms with Crippen molar-refractivity contribution in [1.82, 2.24) is 9.55 Å². The molecular formula is C25H25N3O2S. The van der Waals surface area contributed by atoms with Gasteiger partial charge >= 0.3 is 0 Å². The zero-order valence-electron chi connectivity index (χ0n) is 17.5. The summed E-state index contributed by atoms with van der Waals surface area (Å²) in [6.07, 6.45) is 1.59. The predicted molar refractivity (Wildman–Crippen MR) is 126 cm³/mol. The first-order valence-electron chi connectivity index (χ1n) is 10.5. The summed E-state index contributed by atoms with van der Waals surface area (Å²) in [6.45, 7) is 2.47. The summed E-state index contributed by atoms with van der Waals surface area (Å²) in [6, 6.07) is 22.2. The molecule has 2 heterocycles. The van der Waals surface area contributed by atoms with E-state index in [9.17, 15) is 9.59 Å².